The van der Waals surface area contributed by atoms with Crippen molar-refractivity contribution in [3.8, 4) is 0 Å². The molecule has 1 unspecified atom stereocenters. The van der Waals surface area contributed by atoms with Crippen LogP contribution in [-0.2, 0) is 4.79 Å². The molecule has 0 saturated carbocycles. The maximum atomic E-state index is 11.6. The van der Waals surface area contributed by atoms with Crippen LogP contribution in [0.5, 0.6) is 0 Å². The van der Waals surface area contributed by atoms with Crippen molar-refractivity contribution in [1.29, 1.82) is 0 Å². The van der Waals surface area contributed by atoms with Crippen LogP contribution in [0.4, 0.5) is 0 Å². The van der Waals surface area contributed by atoms with E-state index in [0.29, 0.717) is 17.1 Å². The van der Waals surface area contributed by atoms with Crippen LogP contribution >= 0.6 is 27.5 Å². The number of likely N-dealkylation sites (N-methyl/N-ethyl adjacent to an activating group) is 1. The molecule has 1 rings (SSSR count). The second-order valence-corrected chi connectivity index (χ2v) is 5.81. The number of halogens is 2. The fraction of sp³-hybridized carbons (Fsp3) is 0.500. The van der Waals surface area contributed by atoms with Crippen molar-refractivity contribution in [3.63, 3.8) is 0 Å². The number of primary amides is 1. The molecule has 0 radical (unpaired) electrons. The first-order valence-corrected chi connectivity index (χ1v) is 7.86. The predicted molar refractivity (Wildman–Crippen MR) is 86.9 cm³/mol. The lowest BCUT2D eigenvalue weighted by Crippen LogP contribution is -2.38. The molecule has 1 atom stereocenters. The van der Waals surface area contributed by atoms with Gasteiger partial charge in [0, 0.05) is 22.6 Å². The first-order chi connectivity index (χ1) is 9.49. The zero-order valence-electron chi connectivity index (χ0n) is 11.8. The van der Waals surface area contributed by atoms with E-state index in [-0.39, 0.29) is 0 Å². The van der Waals surface area contributed by atoms with E-state index in [2.05, 4.69) is 40.0 Å². The number of amides is 1. The molecule has 0 aliphatic heterocycles. The van der Waals surface area contributed by atoms with Gasteiger partial charge in [-0.1, -0.05) is 47.4 Å². The van der Waals surface area contributed by atoms with Crippen LogP contribution in [0.3, 0.4) is 0 Å². The lowest BCUT2D eigenvalue weighted by Gasteiger charge is -2.21. The van der Waals surface area contributed by atoms with E-state index in [1.54, 1.807) is 6.07 Å². The van der Waals surface area contributed by atoms with Crippen LogP contribution in [0.1, 0.15) is 25.5 Å². The summed E-state index contributed by atoms with van der Waals surface area (Å²) >= 11 is 9.52. The number of rotatable bonds is 8. The van der Waals surface area contributed by atoms with E-state index < -0.39 is 11.9 Å². The number of nitrogens with two attached hydrogens (primary N) is 1. The SMILES string of the molecule is CCN(CC)CCNC(C(N)=O)c1ccc(Br)cc1Cl. The van der Waals surface area contributed by atoms with Crippen molar-refractivity contribution in [2.75, 3.05) is 26.2 Å². The topological polar surface area (TPSA) is 58.4 Å². The van der Waals surface area contributed by atoms with Gasteiger partial charge in [-0.05, 0) is 30.8 Å². The Balaban J connectivity index is 2.72. The van der Waals surface area contributed by atoms with Gasteiger partial charge in [0.25, 0.3) is 0 Å². The van der Waals surface area contributed by atoms with Gasteiger partial charge in [-0.15, -0.1) is 0 Å². The predicted octanol–water partition coefficient (Wildman–Crippen LogP) is 2.56. The Kier molecular flexibility index (Phi) is 7.51. The van der Waals surface area contributed by atoms with Crippen LogP contribution in [-0.4, -0.2) is 37.0 Å². The fourth-order valence-electron chi connectivity index (χ4n) is 2.01. The van der Waals surface area contributed by atoms with E-state index >= 15 is 0 Å². The van der Waals surface area contributed by atoms with Gasteiger partial charge in [-0.3, -0.25) is 4.79 Å². The van der Waals surface area contributed by atoms with Gasteiger partial charge in [-0.2, -0.15) is 0 Å². The Morgan fingerprint density at radius 2 is 2.10 bits per heavy atom. The molecule has 0 spiro atoms. The van der Waals surface area contributed by atoms with Gasteiger partial charge >= 0.3 is 0 Å². The molecule has 1 amide bonds. The number of hydrogen-bond donors (Lipinski definition) is 2. The van der Waals surface area contributed by atoms with E-state index in [4.69, 9.17) is 17.3 Å². The summed E-state index contributed by atoms with van der Waals surface area (Å²) < 4.78 is 0.873. The average molecular weight is 363 g/mol. The molecule has 4 nitrogen and oxygen atoms in total. The molecule has 0 saturated heterocycles. The Morgan fingerprint density at radius 3 is 2.60 bits per heavy atom. The fourth-order valence-corrected chi connectivity index (χ4v) is 2.79. The number of carbonyl (C=O) groups is 1. The summed E-state index contributed by atoms with van der Waals surface area (Å²) in [4.78, 5) is 13.9. The summed E-state index contributed by atoms with van der Waals surface area (Å²) in [6, 6.07) is 4.86. The van der Waals surface area contributed by atoms with Crippen molar-refractivity contribution in [2.45, 2.75) is 19.9 Å². The molecule has 1 aromatic carbocycles. The first-order valence-electron chi connectivity index (χ1n) is 6.69. The number of nitrogens with one attached hydrogen (secondary N) is 1. The minimum atomic E-state index is -0.564. The zero-order chi connectivity index (χ0) is 15.1. The van der Waals surface area contributed by atoms with E-state index in [0.717, 1.165) is 24.1 Å². The van der Waals surface area contributed by atoms with E-state index in [9.17, 15) is 4.79 Å². The molecular formula is C14H21BrClN3O. The average Bonchev–Trinajstić information content (AvgIpc) is 2.40. The molecule has 0 aliphatic rings. The standard InChI is InChI=1S/C14H21BrClN3O/c1-3-19(4-2)8-7-18-13(14(17)20)11-6-5-10(15)9-12(11)16/h5-6,9,13,18H,3-4,7-8H2,1-2H3,(H2,17,20). The van der Waals surface area contributed by atoms with Gasteiger partial charge in [0.1, 0.15) is 6.04 Å². The van der Waals surface area contributed by atoms with Gasteiger partial charge in [-0.25, -0.2) is 0 Å². The Labute approximate surface area is 133 Å². The highest BCUT2D eigenvalue weighted by molar-refractivity contribution is 9.10. The van der Waals surface area contributed by atoms with Crippen molar-refractivity contribution in [2.24, 2.45) is 5.73 Å². The van der Waals surface area contributed by atoms with Gasteiger partial charge in [0.2, 0.25) is 5.91 Å². The second kappa shape index (κ2) is 8.62. The highest BCUT2D eigenvalue weighted by atomic mass is 79.9. The highest BCUT2D eigenvalue weighted by Gasteiger charge is 2.20. The van der Waals surface area contributed by atoms with Crippen LogP contribution in [0.25, 0.3) is 0 Å². The Morgan fingerprint density at radius 1 is 1.45 bits per heavy atom. The summed E-state index contributed by atoms with van der Waals surface area (Å²) in [6.45, 7) is 7.74. The summed E-state index contributed by atoms with van der Waals surface area (Å²) in [5, 5.41) is 3.71. The molecular weight excluding hydrogens is 342 g/mol. The molecule has 3 N–H and O–H groups in total. The van der Waals surface area contributed by atoms with E-state index in [1.807, 2.05) is 12.1 Å². The quantitative estimate of drug-likeness (QED) is 0.747. The minimum Gasteiger partial charge on any atom is -0.368 e. The van der Waals surface area contributed by atoms with Crippen molar-refractivity contribution in [1.82, 2.24) is 10.2 Å². The van der Waals surface area contributed by atoms with Gasteiger partial charge < -0.3 is 16.0 Å². The Hall–Kier alpha value is -0.620. The van der Waals surface area contributed by atoms with Crippen molar-refractivity contribution < 1.29 is 4.79 Å². The van der Waals surface area contributed by atoms with Gasteiger partial charge in [0.05, 0.1) is 0 Å². The Bertz CT molecular complexity index is 452. The molecule has 20 heavy (non-hydrogen) atoms. The number of nitrogens with zero attached hydrogens (tertiary/aromatic N) is 1. The summed E-state index contributed by atoms with van der Waals surface area (Å²) in [6.07, 6.45) is 0. The third-order valence-corrected chi connectivity index (χ3v) is 4.05. The first kappa shape index (κ1) is 17.4. The molecule has 0 heterocycles. The van der Waals surface area contributed by atoms with E-state index in [1.165, 1.54) is 0 Å². The minimum absolute atomic E-state index is 0.422. The van der Waals surface area contributed by atoms with Gasteiger partial charge in [0.15, 0.2) is 0 Å². The third-order valence-electron chi connectivity index (χ3n) is 3.23. The monoisotopic (exact) mass is 361 g/mol. The molecule has 0 bridgehead atoms. The molecule has 0 aliphatic carbocycles. The van der Waals surface area contributed by atoms with Crippen molar-refractivity contribution in [3.05, 3.63) is 33.3 Å². The van der Waals surface area contributed by atoms with Crippen LogP contribution in [0.2, 0.25) is 5.02 Å². The molecule has 1 aromatic rings. The molecule has 0 aromatic heterocycles. The van der Waals surface area contributed by atoms with Crippen molar-refractivity contribution >= 4 is 33.4 Å². The maximum absolute atomic E-state index is 11.6. The lowest BCUT2D eigenvalue weighted by molar-refractivity contribution is -0.120. The smallest absolute Gasteiger partial charge is 0.239 e. The number of hydrogen-bond acceptors (Lipinski definition) is 3. The second-order valence-electron chi connectivity index (χ2n) is 4.48. The lowest BCUT2D eigenvalue weighted by atomic mass is 10.1. The number of carbonyl (C=O) groups excluding carboxylic acids is 1. The maximum Gasteiger partial charge on any atom is 0.239 e. The van der Waals surface area contributed by atoms with Crippen LogP contribution in [0.15, 0.2) is 22.7 Å². The van der Waals surface area contributed by atoms with Crippen LogP contribution < -0.4 is 11.1 Å². The molecule has 6 heteroatoms. The zero-order valence-corrected chi connectivity index (χ0v) is 14.2. The number of benzene rings is 1. The largest absolute Gasteiger partial charge is 0.368 e. The summed E-state index contributed by atoms with van der Waals surface area (Å²) in [7, 11) is 0. The molecule has 0 fully saturated rings. The third kappa shape index (κ3) is 5.05. The van der Waals surface area contributed by atoms with Crippen LogP contribution in [0, 0.1) is 0 Å². The normalized spacial score (nSPS) is 12.7. The summed E-state index contributed by atoms with van der Waals surface area (Å²) in [5.41, 5.74) is 6.18. The molecule has 112 valence electrons. The summed E-state index contributed by atoms with van der Waals surface area (Å²) in [5.74, 6) is -0.422. The highest BCUT2D eigenvalue weighted by Crippen LogP contribution is 2.26.